The largest absolute Gasteiger partial charge is 0.466 e. The van der Waals surface area contributed by atoms with Gasteiger partial charge in [0.25, 0.3) is 0 Å². The van der Waals surface area contributed by atoms with Crippen molar-refractivity contribution < 1.29 is 27.6 Å². The molecule has 0 aliphatic heterocycles. The maximum atomic E-state index is 12.0. The summed E-state index contributed by atoms with van der Waals surface area (Å²) in [5, 5.41) is 10.1. The molecule has 0 spiro atoms. The van der Waals surface area contributed by atoms with Crippen LogP contribution in [0.3, 0.4) is 0 Å². The fourth-order valence-electron chi connectivity index (χ4n) is 1.20. The summed E-state index contributed by atoms with van der Waals surface area (Å²) in [6, 6.07) is 0. The van der Waals surface area contributed by atoms with E-state index in [1.54, 1.807) is 0 Å². The van der Waals surface area contributed by atoms with E-state index in [9.17, 15) is 28.1 Å². The van der Waals surface area contributed by atoms with Crippen LogP contribution in [0.25, 0.3) is 0 Å². The predicted octanol–water partition coefficient (Wildman–Crippen LogP) is 1.78. The number of esters is 1. The van der Waals surface area contributed by atoms with Gasteiger partial charge in [0.2, 0.25) is 6.54 Å². The molecule has 16 heavy (non-hydrogen) atoms. The van der Waals surface area contributed by atoms with E-state index in [1.807, 2.05) is 0 Å². The molecular weight excluding hydrogens is 231 g/mol. The first-order valence-corrected chi connectivity index (χ1v) is 4.58. The summed E-state index contributed by atoms with van der Waals surface area (Å²) in [6.45, 7) is 0.651. The first-order valence-electron chi connectivity index (χ1n) is 4.58. The summed E-state index contributed by atoms with van der Waals surface area (Å²) < 4.78 is 40.5. The molecule has 0 N–H and O–H groups in total. The molecule has 8 heteroatoms. The summed E-state index contributed by atoms with van der Waals surface area (Å²) in [4.78, 5) is 20.2. The molecule has 0 bridgehead atoms. The maximum absolute atomic E-state index is 12.0. The van der Waals surface area contributed by atoms with Crippen LogP contribution in [0.5, 0.6) is 0 Å². The molecular formula is C8H12F3NO4. The number of hydrogen-bond acceptors (Lipinski definition) is 4. The van der Waals surface area contributed by atoms with Crippen LogP contribution in [0.4, 0.5) is 13.2 Å². The molecule has 0 aromatic carbocycles. The second-order valence-corrected chi connectivity index (χ2v) is 3.21. The summed E-state index contributed by atoms with van der Waals surface area (Å²) in [5.74, 6) is -2.22. The Bertz CT molecular complexity index is 254. The second-order valence-electron chi connectivity index (χ2n) is 3.21. The minimum atomic E-state index is -4.52. The van der Waals surface area contributed by atoms with Gasteiger partial charge in [-0.1, -0.05) is 0 Å². The summed E-state index contributed by atoms with van der Waals surface area (Å²) in [5.41, 5.74) is 0. The Kier molecular flexibility index (Phi) is 5.76. The van der Waals surface area contributed by atoms with Gasteiger partial charge in [0.15, 0.2) is 0 Å². The first-order chi connectivity index (χ1) is 7.24. The highest BCUT2D eigenvalue weighted by Gasteiger charge is 2.35. The minimum absolute atomic E-state index is 0.0377. The Hall–Kier alpha value is -1.34. The molecule has 0 aliphatic carbocycles. The molecule has 0 aliphatic rings. The van der Waals surface area contributed by atoms with Crippen molar-refractivity contribution in [2.75, 3.05) is 13.2 Å². The van der Waals surface area contributed by atoms with Crippen molar-refractivity contribution in [2.45, 2.75) is 25.9 Å². The molecule has 0 aromatic rings. The molecule has 0 saturated heterocycles. The van der Waals surface area contributed by atoms with Gasteiger partial charge in [-0.25, -0.2) is 0 Å². The van der Waals surface area contributed by atoms with Crippen molar-refractivity contribution in [2.24, 2.45) is 5.92 Å². The van der Waals surface area contributed by atoms with Crippen LogP contribution in [-0.4, -0.2) is 30.2 Å². The van der Waals surface area contributed by atoms with Crippen LogP contribution >= 0.6 is 0 Å². The van der Waals surface area contributed by atoms with Crippen LogP contribution in [0.1, 0.15) is 19.8 Å². The van der Waals surface area contributed by atoms with Gasteiger partial charge >= 0.3 is 12.1 Å². The van der Waals surface area contributed by atoms with Crippen LogP contribution in [0, 0.1) is 16.0 Å². The molecule has 1 unspecified atom stereocenters. The topological polar surface area (TPSA) is 69.4 Å². The van der Waals surface area contributed by atoms with Crippen LogP contribution < -0.4 is 0 Å². The molecule has 0 amide bonds. The lowest BCUT2D eigenvalue weighted by atomic mass is 10.0. The highest BCUT2D eigenvalue weighted by molar-refractivity contribution is 5.69. The van der Waals surface area contributed by atoms with Gasteiger partial charge in [-0.05, 0) is 6.92 Å². The van der Waals surface area contributed by atoms with E-state index >= 15 is 0 Å². The van der Waals surface area contributed by atoms with Gasteiger partial charge in [-0.2, -0.15) is 13.2 Å². The number of carbonyl (C=O) groups is 1. The molecule has 1 atom stereocenters. The lowest BCUT2D eigenvalue weighted by Gasteiger charge is -2.13. The van der Waals surface area contributed by atoms with Crippen molar-refractivity contribution in [3.8, 4) is 0 Å². The fourth-order valence-corrected chi connectivity index (χ4v) is 1.20. The Balaban J connectivity index is 4.31. The first kappa shape index (κ1) is 14.7. The highest BCUT2D eigenvalue weighted by Crippen LogP contribution is 2.26. The number of nitro groups is 1. The van der Waals surface area contributed by atoms with Crippen molar-refractivity contribution in [3.05, 3.63) is 10.1 Å². The maximum Gasteiger partial charge on any atom is 0.389 e. The zero-order valence-corrected chi connectivity index (χ0v) is 8.62. The Morgan fingerprint density at radius 3 is 2.44 bits per heavy atom. The van der Waals surface area contributed by atoms with Gasteiger partial charge in [0.1, 0.15) is 0 Å². The third-order valence-corrected chi connectivity index (χ3v) is 1.69. The van der Waals surface area contributed by atoms with Gasteiger partial charge in [-0.3, -0.25) is 14.9 Å². The molecule has 0 fully saturated rings. The van der Waals surface area contributed by atoms with Crippen LogP contribution in [-0.2, 0) is 9.53 Å². The van der Waals surface area contributed by atoms with Gasteiger partial charge in [-0.15, -0.1) is 0 Å². The summed E-state index contributed by atoms with van der Waals surface area (Å²) in [7, 11) is 0. The average molecular weight is 243 g/mol. The van der Waals surface area contributed by atoms with Crippen molar-refractivity contribution in [3.63, 3.8) is 0 Å². The van der Waals surface area contributed by atoms with Crippen LogP contribution in [0.2, 0.25) is 0 Å². The number of carbonyl (C=O) groups excluding carboxylic acids is 1. The number of rotatable bonds is 6. The molecule has 0 radical (unpaired) electrons. The summed E-state index contributed by atoms with van der Waals surface area (Å²) in [6.07, 6.45) is -6.46. The SMILES string of the molecule is CCOC(=O)CC(C[N+](=O)[O-])CC(F)(F)F. The van der Waals surface area contributed by atoms with Crippen molar-refractivity contribution in [1.82, 2.24) is 0 Å². The van der Waals surface area contributed by atoms with E-state index in [0.29, 0.717) is 0 Å². The average Bonchev–Trinajstić information content (AvgIpc) is 1.98. The molecule has 0 aromatic heterocycles. The number of ether oxygens (including phenoxy) is 1. The Labute approximate surface area is 89.7 Å². The Morgan fingerprint density at radius 2 is 2.06 bits per heavy atom. The monoisotopic (exact) mass is 243 g/mol. The van der Waals surface area contributed by atoms with Gasteiger partial charge in [0.05, 0.1) is 19.4 Å². The quantitative estimate of drug-likeness (QED) is 0.405. The predicted molar refractivity (Wildman–Crippen MR) is 47.3 cm³/mol. The van der Waals surface area contributed by atoms with Crippen LogP contribution in [0.15, 0.2) is 0 Å². The lowest BCUT2D eigenvalue weighted by molar-refractivity contribution is -0.489. The zero-order chi connectivity index (χ0) is 12.8. The second kappa shape index (κ2) is 6.29. The molecule has 94 valence electrons. The number of halogens is 3. The van der Waals surface area contributed by atoms with Gasteiger partial charge < -0.3 is 4.74 Å². The van der Waals surface area contributed by atoms with E-state index in [4.69, 9.17) is 0 Å². The third-order valence-electron chi connectivity index (χ3n) is 1.69. The van der Waals surface area contributed by atoms with Crippen molar-refractivity contribution in [1.29, 1.82) is 0 Å². The Morgan fingerprint density at radius 1 is 1.50 bits per heavy atom. The van der Waals surface area contributed by atoms with E-state index in [2.05, 4.69) is 4.74 Å². The fraction of sp³-hybridized carbons (Fsp3) is 0.875. The highest BCUT2D eigenvalue weighted by atomic mass is 19.4. The standard InChI is InChI=1S/C8H12F3NO4/c1-2-16-7(13)3-6(5-12(14)15)4-8(9,10)11/h6H,2-5H2,1H3. The minimum Gasteiger partial charge on any atom is -0.466 e. The molecule has 5 nitrogen and oxygen atoms in total. The zero-order valence-electron chi connectivity index (χ0n) is 8.62. The van der Waals surface area contributed by atoms with E-state index in [-0.39, 0.29) is 6.61 Å². The molecule has 0 saturated carbocycles. The van der Waals surface area contributed by atoms with Crippen molar-refractivity contribution >= 4 is 5.97 Å². The van der Waals surface area contributed by atoms with E-state index < -0.39 is 42.4 Å². The smallest absolute Gasteiger partial charge is 0.389 e. The normalized spacial score (nSPS) is 13.2. The number of hydrogen-bond donors (Lipinski definition) is 0. The summed E-state index contributed by atoms with van der Waals surface area (Å²) >= 11 is 0. The molecule has 0 heterocycles. The van der Waals surface area contributed by atoms with E-state index in [1.165, 1.54) is 6.92 Å². The van der Waals surface area contributed by atoms with E-state index in [0.717, 1.165) is 0 Å². The lowest BCUT2D eigenvalue weighted by Crippen LogP contribution is -2.25. The number of alkyl halides is 3. The third kappa shape index (κ3) is 8.01. The molecule has 0 rings (SSSR count). The van der Waals surface area contributed by atoms with Gasteiger partial charge in [0, 0.05) is 10.8 Å². The number of nitrogens with zero attached hydrogens (tertiary/aromatic N) is 1.